The number of rotatable bonds is 7. The number of aryl methyl sites for hydroxylation is 1. The molecular formula is C20H23N3O4. The van der Waals surface area contributed by atoms with Crippen LogP contribution in [0.1, 0.15) is 29.7 Å². The van der Waals surface area contributed by atoms with Crippen LogP contribution in [0.3, 0.4) is 0 Å². The molecule has 0 saturated heterocycles. The number of aliphatic hydroxyl groups is 1. The number of ether oxygens (including phenoxy) is 2. The maximum atomic E-state index is 12.2. The zero-order chi connectivity index (χ0) is 19.8. The molecule has 0 bridgehead atoms. The van der Waals surface area contributed by atoms with E-state index >= 15 is 0 Å². The summed E-state index contributed by atoms with van der Waals surface area (Å²) in [6, 6.07) is 11.8. The topological polar surface area (TPSA) is 104 Å². The summed E-state index contributed by atoms with van der Waals surface area (Å²) in [5.41, 5.74) is 2.60. The SMILES string of the molecule is CCc1cc(C#N)ccc1NC(=O)NC[C@H](O)c1cc(OC)cc(OC)c1. The number of nitriles is 1. The molecule has 0 aliphatic carbocycles. The van der Waals surface area contributed by atoms with Gasteiger partial charge in [-0.1, -0.05) is 6.92 Å². The summed E-state index contributed by atoms with van der Waals surface area (Å²) < 4.78 is 10.4. The van der Waals surface area contributed by atoms with Crippen LogP contribution in [0.4, 0.5) is 10.5 Å². The minimum atomic E-state index is -0.925. The van der Waals surface area contributed by atoms with Crippen LogP contribution in [0, 0.1) is 11.3 Å². The van der Waals surface area contributed by atoms with Gasteiger partial charge in [-0.3, -0.25) is 0 Å². The van der Waals surface area contributed by atoms with Crippen molar-refractivity contribution in [2.45, 2.75) is 19.4 Å². The molecular weight excluding hydrogens is 346 g/mol. The lowest BCUT2D eigenvalue weighted by atomic mass is 10.1. The van der Waals surface area contributed by atoms with Crippen molar-refractivity contribution in [3.05, 3.63) is 53.1 Å². The first-order chi connectivity index (χ1) is 13.0. The zero-order valence-corrected chi connectivity index (χ0v) is 15.6. The number of carbonyl (C=O) groups is 1. The fraction of sp³-hybridized carbons (Fsp3) is 0.300. The van der Waals surface area contributed by atoms with Crippen LogP contribution >= 0.6 is 0 Å². The average molecular weight is 369 g/mol. The second kappa shape index (κ2) is 9.46. The monoisotopic (exact) mass is 369 g/mol. The Morgan fingerprint density at radius 3 is 2.41 bits per heavy atom. The van der Waals surface area contributed by atoms with E-state index in [0.717, 1.165) is 5.56 Å². The largest absolute Gasteiger partial charge is 0.497 e. The van der Waals surface area contributed by atoms with Gasteiger partial charge in [-0.25, -0.2) is 4.79 Å². The molecule has 1 atom stereocenters. The molecule has 0 unspecified atom stereocenters. The van der Waals surface area contributed by atoms with Gasteiger partial charge in [-0.15, -0.1) is 0 Å². The number of carbonyl (C=O) groups excluding carboxylic acids is 1. The Morgan fingerprint density at radius 2 is 1.85 bits per heavy atom. The second-order valence-electron chi connectivity index (χ2n) is 5.83. The van der Waals surface area contributed by atoms with Crippen LogP contribution in [0.15, 0.2) is 36.4 Å². The number of amides is 2. The highest BCUT2D eigenvalue weighted by molar-refractivity contribution is 5.90. The highest BCUT2D eigenvalue weighted by Crippen LogP contribution is 2.26. The summed E-state index contributed by atoms with van der Waals surface area (Å²) in [7, 11) is 3.05. The molecule has 0 radical (unpaired) electrons. The van der Waals surface area contributed by atoms with Crippen molar-refractivity contribution >= 4 is 11.7 Å². The molecule has 7 nitrogen and oxygen atoms in total. The van der Waals surface area contributed by atoms with Crippen LogP contribution in [-0.4, -0.2) is 31.9 Å². The number of urea groups is 1. The van der Waals surface area contributed by atoms with E-state index in [1.165, 1.54) is 14.2 Å². The summed E-state index contributed by atoms with van der Waals surface area (Å²) in [4.78, 5) is 12.2. The van der Waals surface area contributed by atoms with Gasteiger partial charge >= 0.3 is 6.03 Å². The summed E-state index contributed by atoms with van der Waals surface area (Å²) in [5, 5.41) is 24.7. The van der Waals surface area contributed by atoms with Crippen molar-refractivity contribution in [2.24, 2.45) is 0 Å². The van der Waals surface area contributed by atoms with Gasteiger partial charge in [0.25, 0.3) is 0 Å². The maximum Gasteiger partial charge on any atom is 0.319 e. The van der Waals surface area contributed by atoms with Gasteiger partial charge in [0.2, 0.25) is 0 Å². The molecule has 27 heavy (non-hydrogen) atoms. The lowest BCUT2D eigenvalue weighted by molar-refractivity contribution is 0.174. The number of benzene rings is 2. The van der Waals surface area contributed by atoms with Crippen LogP contribution in [-0.2, 0) is 6.42 Å². The maximum absolute atomic E-state index is 12.2. The molecule has 0 aromatic heterocycles. The fourth-order valence-corrected chi connectivity index (χ4v) is 2.57. The third-order valence-electron chi connectivity index (χ3n) is 4.08. The van der Waals surface area contributed by atoms with E-state index in [-0.39, 0.29) is 6.54 Å². The molecule has 2 amide bonds. The number of aliphatic hydroxyl groups excluding tert-OH is 1. The number of hydrogen-bond acceptors (Lipinski definition) is 5. The highest BCUT2D eigenvalue weighted by atomic mass is 16.5. The van der Waals surface area contributed by atoms with E-state index in [0.29, 0.717) is 34.7 Å². The summed E-state index contributed by atoms with van der Waals surface area (Å²) in [6.07, 6.45) is -0.247. The van der Waals surface area contributed by atoms with Gasteiger partial charge in [0, 0.05) is 18.3 Å². The Balaban J connectivity index is 2.00. The van der Waals surface area contributed by atoms with E-state index in [9.17, 15) is 9.90 Å². The normalized spacial score (nSPS) is 11.2. The molecule has 0 fully saturated rings. The molecule has 2 aromatic carbocycles. The first kappa shape index (κ1) is 20.1. The number of hydrogen-bond donors (Lipinski definition) is 3. The Morgan fingerprint density at radius 1 is 1.19 bits per heavy atom. The molecule has 0 spiro atoms. The first-order valence-electron chi connectivity index (χ1n) is 8.49. The van der Waals surface area contributed by atoms with Crippen molar-refractivity contribution in [3.63, 3.8) is 0 Å². The van der Waals surface area contributed by atoms with E-state index in [4.69, 9.17) is 14.7 Å². The number of nitrogens with zero attached hydrogens (tertiary/aromatic N) is 1. The molecule has 142 valence electrons. The lowest BCUT2D eigenvalue weighted by Crippen LogP contribution is -2.32. The fourth-order valence-electron chi connectivity index (χ4n) is 2.57. The Bertz CT molecular complexity index is 823. The van der Waals surface area contributed by atoms with Gasteiger partial charge in [0.15, 0.2) is 0 Å². The molecule has 2 rings (SSSR count). The summed E-state index contributed by atoms with van der Waals surface area (Å²) in [6.45, 7) is 1.96. The molecule has 0 aliphatic rings. The summed E-state index contributed by atoms with van der Waals surface area (Å²) >= 11 is 0. The Hall–Kier alpha value is -3.24. The van der Waals surface area contributed by atoms with Gasteiger partial charge in [0.1, 0.15) is 11.5 Å². The van der Waals surface area contributed by atoms with Crippen LogP contribution in [0.5, 0.6) is 11.5 Å². The quantitative estimate of drug-likeness (QED) is 0.696. The van der Waals surface area contributed by atoms with Crippen molar-refractivity contribution in [1.29, 1.82) is 5.26 Å². The molecule has 3 N–H and O–H groups in total. The lowest BCUT2D eigenvalue weighted by Gasteiger charge is -2.16. The third-order valence-corrected chi connectivity index (χ3v) is 4.08. The first-order valence-corrected chi connectivity index (χ1v) is 8.49. The third kappa shape index (κ3) is 5.36. The predicted molar refractivity (Wildman–Crippen MR) is 102 cm³/mol. The van der Waals surface area contributed by atoms with Gasteiger partial charge < -0.3 is 25.2 Å². The number of anilines is 1. The standard InChI is InChI=1S/C20H23N3O4/c1-4-14-7-13(11-21)5-6-18(14)23-20(25)22-12-19(24)15-8-16(26-2)10-17(9-15)27-3/h5-10,19,24H,4,12H2,1-3H3,(H2,22,23,25)/t19-/m0/s1. The minimum absolute atomic E-state index is 0.0138. The molecule has 2 aromatic rings. The second-order valence-corrected chi connectivity index (χ2v) is 5.83. The molecule has 7 heteroatoms. The Kier molecular flexibility index (Phi) is 7.03. The molecule has 0 saturated carbocycles. The van der Waals surface area contributed by atoms with Crippen LogP contribution in [0.2, 0.25) is 0 Å². The smallest absolute Gasteiger partial charge is 0.319 e. The van der Waals surface area contributed by atoms with Crippen molar-refractivity contribution in [1.82, 2.24) is 5.32 Å². The Labute approximate surface area is 158 Å². The van der Waals surface area contributed by atoms with Gasteiger partial charge in [-0.05, 0) is 47.9 Å². The minimum Gasteiger partial charge on any atom is -0.497 e. The van der Waals surface area contributed by atoms with Crippen LogP contribution in [0.25, 0.3) is 0 Å². The van der Waals surface area contributed by atoms with Crippen molar-refractivity contribution < 1.29 is 19.4 Å². The highest BCUT2D eigenvalue weighted by Gasteiger charge is 2.13. The van der Waals surface area contributed by atoms with E-state index in [1.807, 2.05) is 6.92 Å². The van der Waals surface area contributed by atoms with Crippen molar-refractivity contribution in [3.8, 4) is 17.6 Å². The van der Waals surface area contributed by atoms with E-state index in [2.05, 4.69) is 16.7 Å². The van der Waals surface area contributed by atoms with Crippen LogP contribution < -0.4 is 20.1 Å². The number of nitrogens with one attached hydrogen (secondary N) is 2. The van der Waals surface area contributed by atoms with E-state index < -0.39 is 12.1 Å². The summed E-state index contributed by atoms with van der Waals surface area (Å²) in [5.74, 6) is 1.11. The van der Waals surface area contributed by atoms with E-state index in [1.54, 1.807) is 36.4 Å². The predicted octanol–water partition coefficient (Wildman–Crippen LogP) is 2.99. The van der Waals surface area contributed by atoms with Crippen molar-refractivity contribution in [2.75, 3.05) is 26.1 Å². The zero-order valence-electron chi connectivity index (χ0n) is 15.6. The van der Waals surface area contributed by atoms with Gasteiger partial charge in [-0.2, -0.15) is 5.26 Å². The molecule has 0 aliphatic heterocycles. The number of methoxy groups -OCH3 is 2. The van der Waals surface area contributed by atoms with Gasteiger partial charge in [0.05, 0.1) is 32.0 Å². The average Bonchev–Trinajstić information content (AvgIpc) is 2.71. The molecule has 0 heterocycles.